The Hall–Kier alpha value is -1.91. The summed E-state index contributed by atoms with van der Waals surface area (Å²) in [6.07, 6.45) is 6.10. The average Bonchev–Trinajstić information content (AvgIpc) is 2.59. The summed E-state index contributed by atoms with van der Waals surface area (Å²) in [6.45, 7) is 4.08. The maximum atomic E-state index is 5.43. The SMILES string of the molecule is CCC1(CNC(=NC)NCCc2cc(OC)ccc2OC)CCC1. The molecule has 0 unspecified atom stereocenters. The molecule has 0 heterocycles. The first-order valence-corrected chi connectivity index (χ1v) is 8.82. The Morgan fingerprint density at radius 2 is 2.00 bits per heavy atom. The Morgan fingerprint density at radius 3 is 2.54 bits per heavy atom. The van der Waals surface area contributed by atoms with Crippen LogP contribution in [0, 0.1) is 5.41 Å². The van der Waals surface area contributed by atoms with E-state index in [2.05, 4.69) is 22.5 Å². The van der Waals surface area contributed by atoms with Gasteiger partial charge in [-0.25, -0.2) is 0 Å². The molecule has 0 aliphatic heterocycles. The molecule has 0 amide bonds. The number of aliphatic imine (C=N–C) groups is 1. The van der Waals surface area contributed by atoms with Gasteiger partial charge in [0.1, 0.15) is 11.5 Å². The summed E-state index contributed by atoms with van der Waals surface area (Å²) >= 11 is 0. The summed E-state index contributed by atoms with van der Waals surface area (Å²) in [6, 6.07) is 5.89. The third kappa shape index (κ3) is 4.56. The Balaban J connectivity index is 1.83. The molecule has 24 heavy (non-hydrogen) atoms. The number of hydrogen-bond donors (Lipinski definition) is 2. The largest absolute Gasteiger partial charge is 0.497 e. The van der Waals surface area contributed by atoms with Crippen LogP contribution in [0.25, 0.3) is 0 Å². The molecule has 1 aromatic rings. The van der Waals surface area contributed by atoms with Crippen molar-refractivity contribution in [3.8, 4) is 11.5 Å². The summed E-state index contributed by atoms with van der Waals surface area (Å²) in [5.41, 5.74) is 1.61. The fraction of sp³-hybridized carbons (Fsp3) is 0.632. The van der Waals surface area contributed by atoms with Crippen LogP contribution >= 0.6 is 0 Å². The molecule has 1 aliphatic carbocycles. The van der Waals surface area contributed by atoms with E-state index in [0.29, 0.717) is 5.41 Å². The third-order valence-electron chi connectivity index (χ3n) is 5.19. The Morgan fingerprint density at radius 1 is 1.21 bits per heavy atom. The molecule has 1 aromatic carbocycles. The van der Waals surface area contributed by atoms with E-state index in [1.165, 1.54) is 25.7 Å². The van der Waals surface area contributed by atoms with Crippen molar-refractivity contribution in [1.82, 2.24) is 10.6 Å². The molecule has 5 nitrogen and oxygen atoms in total. The number of ether oxygens (including phenoxy) is 2. The molecule has 134 valence electrons. The Kier molecular flexibility index (Phi) is 6.76. The van der Waals surface area contributed by atoms with Crippen molar-refractivity contribution in [3.63, 3.8) is 0 Å². The highest BCUT2D eigenvalue weighted by Crippen LogP contribution is 2.42. The van der Waals surface area contributed by atoms with Gasteiger partial charge in [-0.15, -0.1) is 0 Å². The number of nitrogens with zero attached hydrogens (tertiary/aromatic N) is 1. The molecule has 1 fully saturated rings. The Labute approximate surface area is 145 Å². The molecule has 5 heteroatoms. The van der Waals surface area contributed by atoms with Crippen LogP contribution in [0.2, 0.25) is 0 Å². The van der Waals surface area contributed by atoms with E-state index < -0.39 is 0 Å². The second kappa shape index (κ2) is 8.81. The van der Waals surface area contributed by atoms with Gasteiger partial charge in [-0.1, -0.05) is 13.3 Å². The van der Waals surface area contributed by atoms with E-state index in [0.717, 1.165) is 42.5 Å². The van der Waals surface area contributed by atoms with E-state index in [9.17, 15) is 0 Å². The smallest absolute Gasteiger partial charge is 0.191 e. The Bertz CT molecular complexity index is 548. The van der Waals surface area contributed by atoms with Gasteiger partial charge in [-0.05, 0) is 54.9 Å². The lowest BCUT2D eigenvalue weighted by Crippen LogP contribution is -2.46. The van der Waals surface area contributed by atoms with Crippen LogP contribution in [0.1, 0.15) is 38.2 Å². The quantitative estimate of drug-likeness (QED) is 0.567. The van der Waals surface area contributed by atoms with Gasteiger partial charge in [0.25, 0.3) is 0 Å². The second-order valence-corrected chi connectivity index (χ2v) is 6.49. The van der Waals surface area contributed by atoms with Crippen LogP contribution in [0.15, 0.2) is 23.2 Å². The van der Waals surface area contributed by atoms with Crippen LogP contribution in [0.3, 0.4) is 0 Å². The van der Waals surface area contributed by atoms with Crippen molar-refractivity contribution in [1.29, 1.82) is 0 Å². The summed E-state index contributed by atoms with van der Waals surface area (Å²) in [4.78, 5) is 4.33. The van der Waals surface area contributed by atoms with Crippen LogP contribution in [-0.4, -0.2) is 40.3 Å². The highest BCUT2D eigenvalue weighted by molar-refractivity contribution is 5.79. The van der Waals surface area contributed by atoms with Crippen LogP contribution < -0.4 is 20.1 Å². The maximum Gasteiger partial charge on any atom is 0.191 e. The zero-order valence-corrected chi connectivity index (χ0v) is 15.4. The zero-order valence-electron chi connectivity index (χ0n) is 15.4. The van der Waals surface area contributed by atoms with Gasteiger partial charge in [0, 0.05) is 20.1 Å². The number of rotatable bonds is 8. The van der Waals surface area contributed by atoms with E-state index in [1.54, 1.807) is 14.2 Å². The molecule has 0 saturated heterocycles. The number of guanidine groups is 1. The molecular formula is C19H31N3O2. The fourth-order valence-corrected chi connectivity index (χ4v) is 3.22. The van der Waals surface area contributed by atoms with Gasteiger partial charge >= 0.3 is 0 Å². The predicted octanol–water partition coefficient (Wildman–Crippen LogP) is 2.99. The van der Waals surface area contributed by atoms with Crippen molar-refractivity contribution >= 4 is 5.96 Å². The van der Waals surface area contributed by atoms with E-state index in [4.69, 9.17) is 9.47 Å². The summed E-state index contributed by atoms with van der Waals surface area (Å²) < 4.78 is 10.7. The predicted molar refractivity (Wildman–Crippen MR) is 99.2 cm³/mol. The highest BCUT2D eigenvalue weighted by Gasteiger charge is 2.34. The first-order chi connectivity index (χ1) is 11.7. The van der Waals surface area contributed by atoms with E-state index in [-0.39, 0.29) is 0 Å². The van der Waals surface area contributed by atoms with Gasteiger partial charge in [0.2, 0.25) is 0 Å². The topological polar surface area (TPSA) is 54.9 Å². The molecule has 0 atom stereocenters. The van der Waals surface area contributed by atoms with Crippen molar-refractivity contribution < 1.29 is 9.47 Å². The fourth-order valence-electron chi connectivity index (χ4n) is 3.22. The third-order valence-corrected chi connectivity index (χ3v) is 5.19. The molecule has 2 rings (SSSR count). The van der Waals surface area contributed by atoms with Gasteiger partial charge in [-0.3, -0.25) is 4.99 Å². The minimum atomic E-state index is 0.480. The van der Waals surface area contributed by atoms with Crippen LogP contribution in [-0.2, 0) is 6.42 Å². The lowest BCUT2D eigenvalue weighted by molar-refractivity contribution is 0.131. The number of benzene rings is 1. The number of hydrogen-bond acceptors (Lipinski definition) is 3. The van der Waals surface area contributed by atoms with E-state index >= 15 is 0 Å². The van der Waals surface area contributed by atoms with Gasteiger partial charge in [0.15, 0.2) is 5.96 Å². The molecule has 1 saturated carbocycles. The standard InChI is InChI=1S/C19H31N3O2/c1-5-19(10-6-11-19)14-22-18(20-2)21-12-9-15-13-16(23-3)7-8-17(15)24-4/h7-8,13H,5-6,9-12,14H2,1-4H3,(H2,20,21,22). The molecular weight excluding hydrogens is 302 g/mol. The van der Waals surface area contributed by atoms with Crippen molar-refractivity contribution in [2.45, 2.75) is 39.0 Å². The minimum absolute atomic E-state index is 0.480. The molecule has 0 aromatic heterocycles. The maximum absolute atomic E-state index is 5.43. The van der Waals surface area contributed by atoms with Crippen LogP contribution in [0.5, 0.6) is 11.5 Å². The van der Waals surface area contributed by atoms with Gasteiger partial charge < -0.3 is 20.1 Å². The van der Waals surface area contributed by atoms with Crippen molar-refractivity contribution in [2.24, 2.45) is 10.4 Å². The monoisotopic (exact) mass is 333 g/mol. The lowest BCUT2D eigenvalue weighted by atomic mass is 9.67. The number of nitrogens with one attached hydrogen (secondary N) is 2. The minimum Gasteiger partial charge on any atom is -0.497 e. The first-order valence-electron chi connectivity index (χ1n) is 8.82. The van der Waals surface area contributed by atoms with Crippen LogP contribution in [0.4, 0.5) is 0 Å². The van der Waals surface area contributed by atoms with E-state index in [1.807, 2.05) is 25.2 Å². The summed E-state index contributed by atoms with van der Waals surface area (Å²) in [5.74, 6) is 2.61. The highest BCUT2D eigenvalue weighted by atomic mass is 16.5. The molecule has 0 bridgehead atoms. The molecule has 1 aliphatic rings. The first kappa shape index (κ1) is 18.4. The summed E-state index contributed by atoms with van der Waals surface area (Å²) in [5, 5.41) is 6.88. The van der Waals surface area contributed by atoms with Gasteiger partial charge in [-0.2, -0.15) is 0 Å². The lowest BCUT2D eigenvalue weighted by Gasteiger charge is -2.41. The average molecular weight is 333 g/mol. The number of methoxy groups -OCH3 is 2. The normalized spacial score (nSPS) is 16.2. The zero-order chi connectivity index (χ0) is 17.4. The van der Waals surface area contributed by atoms with Crippen molar-refractivity contribution in [3.05, 3.63) is 23.8 Å². The molecule has 0 radical (unpaired) electrons. The second-order valence-electron chi connectivity index (χ2n) is 6.49. The van der Waals surface area contributed by atoms with Gasteiger partial charge in [0.05, 0.1) is 14.2 Å². The molecule has 2 N–H and O–H groups in total. The van der Waals surface area contributed by atoms with Crippen molar-refractivity contribution in [2.75, 3.05) is 34.4 Å². The molecule has 0 spiro atoms. The summed E-state index contributed by atoms with van der Waals surface area (Å²) in [7, 11) is 5.20.